The lowest BCUT2D eigenvalue weighted by molar-refractivity contribution is -0.114. The van der Waals surface area contributed by atoms with Crippen LogP contribution in [0.25, 0.3) is 0 Å². The Bertz CT molecular complexity index is 840. The zero-order valence-corrected chi connectivity index (χ0v) is 16.8. The van der Waals surface area contributed by atoms with Crippen molar-refractivity contribution in [2.75, 3.05) is 48.3 Å². The van der Waals surface area contributed by atoms with Gasteiger partial charge in [0.2, 0.25) is 5.91 Å². The molecule has 148 valence electrons. The summed E-state index contributed by atoms with van der Waals surface area (Å²) in [4.78, 5) is 28.7. The van der Waals surface area contributed by atoms with Crippen LogP contribution in [0.4, 0.5) is 17.1 Å². The van der Waals surface area contributed by atoms with Gasteiger partial charge in [-0.3, -0.25) is 9.59 Å². The molecule has 0 aromatic heterocycles. The van der Waals surface area contributed by atoms with Gasteiger partial charge in [0.1, 0.15) is 0 Å². The topological polar surface area (TPSA) is 64.7 Å². The molecule has 2 aromatic carbocycles. The third-order valence-corrected chi connectivity index (χ3v) is 5.12. The Kier molecular flexibility index (Phi) is 6.31. The molecular formula is C22H28N4O2. The highest BCUT2D eigenvalue weighted by Gasteiger charge is 2.16. The SMILES string of the molecule is CCN1CCN(c2ccc(NC(=O)c3ccc(C)c(NC(C)=O)c3)cc2)CC1. The van der Waals surface area contributed by atoms with E-state index in [1.54, 1.807) is 12.1 Å². The lowest BCUT2D eigenvalue weighted by Gasteiger charge is -2.35. The summed E-state index contributed by atoms with van der Waals surface area (Å²) in [6, 6.07) is 13.3. The summed E-state index contributed by atoms with van der Waals surface area (Å²) < 4.78 is 0. The van der Waals surface area contributed by atoms with Crippen molar-refractivity contribution in [2.24, 2.45) is 0 Å². The number of likely N-dealkylation sites (N-methyl/N-ethyl adjacent to an activating group) is 1. The van der Waals surface area contributed by atoms with Gasteiger partial charge in [0.25, 0.3) is 5.91 Å². The van der Waals surface area contributed by atoms with Crippen LogP contribution in [0.15, 0.2) is 42.5 Å². The number of aryl methyl sites for hydroxylation is 1. The first kappa shape index (κ1) is 19.9. The molecule has 1 fully saturated rings. The summed E-state index contributed by atoms with van der Waals surface area (Å²) in [6.45, 7) is 10.9. The van der Waals surface area contributed by atoms with Gasteiger partial charge in [0, 0.05) is 55.7 Å². The van der Waals surface area contributed by atoms with E-state index >= 15 is 0 Å². The zero-order chi connectivity index (χ0) is 20.1. The molecule has 0 saturated carbocycles. The van der Waals surface area contributed by atoms with E-state index in [9.17, 15) is 9.59 Å². The number of rotatable bonds is 5. The molecule has 0 atom stereocenters. The maximum Gasteiger partial charge on any atom is 0.255 e. The average Bonchev–Trinajstić information content (AvgIpc) is 2.70. The Morgan fingerprint density at radius 3 is 2.25 bits per heavy atom. The molecule has 0 aliphatic carbocycles. The highest BCUT2D eigenvalue weighted by atomic mass is 16.2. The van der Waals surface area contributed by atoms with Gasteiger partial charge < -0.3 is 20.4 Å². The number of nitrogens with zero attached hydrogens (tertiary/aromatic N) is 2. The number of benzene rings is 2. The lowest BCUT2D eigenvalue weighted by atomic mass is 10.1. The molecule has 0 radical (unpaired) electrons. The fourth-order valence-corrected chi connectivity index (χ4v) is 3.37. The molecule has 6 nitrogen and oxygen atoms in total. The molecule has 2 aromatic rings. The first-order valence-corrected chi connectivity index (χ1v) is 9.73. The Hall–Kier alpha value is -2.86. The van der Waals surface area contributed by atoms with Crippen molar-refractivity contribution in [1.29, 1.82) is 0 Å². The van der Waals surface area contributed by atoms with Gasteiger partial charge in [-0.1, -0.05) is 13.0 Å². The average molecular weight is 380 g/mol. The number of carbonyl (C=O) groups excluding carboxylic acids is 2. The normalized spacial score (nSPS) is 14.6. The number of nitrogens with one attached hydrogen (secondary N) is 2. The van der Waals surface area contributed by atoms with Crippen LogP contribution in [0.5, 0.6) is 0 Å². The van der Waals surface area contributed by atoms with Crippen LogP contribution >= 0.6 is 0 Å². The van der Waals surface area contributed by atoms with E-state index in [2.05, 4.69) is 39.5 Å². The van der Waals surface area contributed by atoms with Crippen molar-refractivity contribution < 1.29 is 9.59 Å². The van der Waals surface area contributed by atoms with Gasteiger partial charge in [-0.15, -0.1) is 0 Å². The molecule has 6 heteroatoms. The second kappa shape index (κ2) is 8.89. The third kappa shape index (κ3) is 4.89. The lowest BCUT2D eigenvalue weighted by Crippen LogP contribution is -2.46. The number of amides is 2. The minimum Gasteiger partial charge on any atom is -0.369 e. The van der Waals surface area contributed by atoms with Crippen LogP contribution < -0.4 is 15.5 Å². The highest BCUT2D eigenvalue weighted by Crippen LogP contribution is 2.21. The Balaban J connectivity index is 1.64. The summed E-state index contributed by atoms with van der Waals surface area (Å²) in [6.07, 6.45) is 0. The van der Waals surface area contributed by atoms with Crippen molar-refractivity contribution in [2.45, 2.75) is 20.8 Å². The van der Waals surface area contributed by atoms with Crippen LogP contribution in [0.1, 0.15) is 29.8 Å². The molecule has 1 saturated heterocycles. The number of hydrogen-bond acceptors (Lipinski definition) is 4. The van der Waals surface area contributed by atoms with Gasteiger partial charge in [-0.25, -0.2) is 0 Å². The Morgan fingerprint density at radius 1 is 0.964 bits per heavy atom. The molecule has 2 N–H and O–H groups in total. The van der Waals surface area contributed by atoms with E-state index < -0.39 is 0 Å². The molecule has 3 rings (SSSR count). The molecule has 0 spiro atoms. The monoisotopic (exact) mass is 380 g/mol. The number of hydrogen-bond donors (Lipinski definition) is 2. The molecule has 0 unspecified atom stereocenters. The third-order valence-electron chi connectivity index (χ3n) is 5.12. The molecule has 2 amide bonds. The fourth-order valence-electron chi connectivity index (χ4n) is 3.37. The second-order valence-corrected chi connectivity index (χ2v) is 7.13. The minimum absolute atomic E-state index is 0.156. The smallest absolute Gasteiger partial charge is 0.255 e. The quantitative estimate of drug-likeness (QED) is 0.835. The molecule has 1 aliphatic heterocycles. The van der Waals surface area contributed by atoms with E-state index in [4.69, 9.17) is 0 Å². The van der Waals surface area contributed by atoms with Crippen molar-refractivity contribution in [3.05, 3.63) is 53.6 Å². The summed E-state index contributed by atoms with van der Waals surface area (Å²) >= 11 is 0. The maximum atomic E-state index is 12.6. The molecule has 1 aliphatic rings. The second-order valence-electron chi connectivity index (χ2n) is 7.13. The van der Waals surface area contributed by atoms with E-state index in [1.807, 2.05) is 25.1 Å². The van der Waals surface area contributed by atoms with E-state index in [0.717, 1.165) is 44.0 Å². The number of anilines is 3. The molecule has 28 heavy (non-hydrogen) atoms. The summed E-state index contributed by atoms with van der Waals surface area (Å²) in [5.74, 6) is -0.355. The first-order chi connectivity index (χ1) is 13.5. The summed E-state index contributed by atoms with van der Waals surface area (Å²) in [5, 5.41) is 5.68. The van der Waals surface area contributed by atoms with Crippen molar-refractivity contribution >= 4 is 28.9 Å². The Labute approximate surface area is 166 Å². The fraction of sp³-hybridized carbons (Fsp3) is 0.364. The first-order valence-electron chi connectivity index (χ1n) is 9.73. The van der Waals surface area contributed by atoms with Crippen LogP contribution in [0.2, 0.25) is 0 Å². The van der Waals surface area contributed by atoms with Crippen LogP contribution in [-0.2, 0) is 4.79 Å². The Morgan fingerprint density at radius 2 is 1.64 bits per heavy atom. The van der Waals surface area contributed by atoms with Crippen molar-refractivity contribution in [1.82, 2.24) is 4.90 Å². The van der Waals surface area contributed by atoms with Crippen LogP contribution in [0.3, 0.4) is 0 Å². The standard InChI is InChI=1S/C22H28N4O2/c1-4-25-11-13-26(14-12-25)20-9-7-19(8-10-20)24-22(28)18-6-5-16(2)21(15-18)23-17(3)27/h5-10,15H,4,11-14H2,1-3H3,(H,23,27)(H,24,28). The maximum absolute atomic E-state index is 12.6. The van der Waals surface area contributed by atoms with Gasteiger partial charge in [-0.05, 0) is 55.4 Å². The van der Waals surface area contributed by atoms with E-state index in [1.165, 1.54) is 12.6 Å². The van der Waals surface area contributed by atoms with Crippen molar-refractivity contribution in [3.8, 4) is 0 Å². The largest absolute Gasteiger partial charge is 0.369 e. The van der Waals surface area contributed by atoms with Gasteiger partial charge >= 0.3 is 0 Å². The van der Waals surface area contributed by atoms with E-state index in [-0.39, 0.29) is 11.8 Å². The number of carbonyl (C=O) groups is 2. The zero-order valence-electron chi connectivity index (χ0n) is 16.8. The summed E-state index contributed by atoms with van der Waals surface area (Å²) in [5.41, 5.74) is 4.01. The molecule has 0 bridgehead atoms. The highest BCUT2D eigenvalue weighted by molar-refractivity contribution is 6.05. The molecule has 1 heterocycles. The minimum atomic E-state index is -0.198. The number of piperazine rings is 1. The van der Waals surface area contributed by atoms with Crippen LogP contribution in [0, 0.1) is 6.92 Å². The van der Waals surface area contributed by atoms with Gasteiger partial charge in [0.05, 0.1) is 0 Å². The van der Waals surface area contributed by atoms with Gasteiger partial charge in [-0.2, -0.15) is 0 Å². The predicted molar refractivity (Wildman–Crippen MR) is 114 cm³/mol. The predicted octanol–water partition coefficient (Wildman–Crippen LogP) is 3.35. The molecular weight excluding hydrogens is 352 g/mol. The van der Waals surface area contributed by atoms with E-state index in [0.29, 0.717) is 11.3 Å². The summed E-state index contributed by atoms with van der Waals surface area (Å²) in [7, 11) is 0. The van der Waals surface area contributed by atoms with Gasteiger partial charge in [0.15, 0.2) is 0 Å². The van der Waals surface area contributed by atoms with Crippen molar-refractivity contribution in [3.63, 3.8) is 0 Å². The van der Waals surface area contributed by atoms with Crippen LogP contribution in [-0.4, -0.2) is 49.4 Å².